The van der Waals surface area contributed by atoms with Crippen LogP contribution in [0.3, 0.4) is 0 Å². The molecule has 4 aliphatic rings. The number of nitriles is 1. The van der Waals surface area contributed by atoms with Crippen LogP contribution in [0.2, 0.25) is 0 Å². The van der Waals surface area contributed by atoms with Gasteiger partial charge >= 0.3 is 0 Å². The molecule has 1 N–H and O–H groups in total. The number of pyridine rings is 1. The van der Waals surface area contributed by atoms with Crippen LogP contribution in [0.1, 0.15) is 55.7 Å². The lowest BCUT2D eigenvalue weighted by Gasteiger charge is -2.43. The molecule has 182 valence electrons. The molecule has 1 unspecified atom stereocenters. The first-order valence-corrected chi connectivity index (χ1v) is 12.9. The van der Waals surface area contributed by atoms with E-state index in [0.717, 1.165) is 54.9 Å². The molecular formula is C29H29N5O2. The number of nitrogens with one attached hydrogen (secondary N) is 1. The number of hydrogen-bond acceptors (Lipinski definition) is 5. The Kier molecular flexibility index (Phi) is 5.64. The van der Waals surface area contributed by atoms with Crippen molar-refractivity contribution < 1.29 is 9.59 Å². The lowest BCUT2D eigenvalue weighted by molar-refractivity contribution is -0.135. The Morgan fingerprint density at radius 2 is 1.89 bits per heavy atom. The third kappa shape index (κ3) is 4.42. The standard InChI is InChI=1S/C29H29N5O2/c1-2-26(35)31-23-5-3-4-21(14-23)24-15-22(16-30)28(32-27(24)19-8-9-19)33-12-13-34(29(36)20-10-11-20)25(17-33)18-6-7-18/h1,3-5,14-15,18-20,25H,6-13,17H2,(H,31,35). The fourth-order valence-electron chi connectivity index (χ4n) is 5.40. The second kappa shape index (κ2) is 8.99. The van der Waals surface area contributed by atoms with Gasteiger partial charge < -0.3 is 15.1 Å². The average molecular weight is 480 g/mol. The molecule has 6 rings (SSSR count). The van der Waals surface area contributed by atoms with Gasteiger partial charge in [0, 0.05) is 42.7 Å². The molecule has 0 radical (unpaired) electrons. The first kappa shape index (κ1) is 22.6. The lowest BCUT2D eigenvalue weighted by atomic mass is 9.98. The number of benzene rings is 1. The maximum absolute atomic E-state index is 12.9. The molecule has 1 atom stereocenters. The molecule has 2 amide bonds. The van der Waals surface area contributed by atoms with Gasteiger partial charge in [-0.15, -0.1) is 6.42 Å². The Morgan fingerprint density at radius 1 is 1.08 bits per heavy atom. The summed E-state index contributed by atoms with van der Waals surface area (Å²) in [7, 11) is 0. The summed E-state index contributed by atoms with van der Waals surface area (Å²) in [5.74, 6) is 3.80. The van der Waals surface area contributed by atoms with E-state index in [4.69, 9.17) is 11.4 Å². The van der Waals surface area contributed by atoms with Gasteiger partial charge in [-0.3, -0.25) is 9.59 Å². The predicted octanol–water partition coefficient (Wildman–Crippen LogP) is 3.91. The van der Waals surface area contributed by atoms with E-state index in [0.29, 0.717) is 42.1 Å². The number of nitrogens with zero attached hydrogens (tertiary/aromatic N) is 4. The highest BCUT2D eigenvalue weighted by Crippen LogP contribution is 2.46. The molecule has 2 aromatic rings. The minimum atomic E-state index is -0.495. The van der Waals surface area contributed by atoms with Crippen molar-refractivity contribution in [3.8, 4) is 29.5 Å². The fourth-order valence-corrected chi connectivity index (χ4v) is 5.40. The molecule has 1 aromatic carbocycles. The van der Waals surface area contributed by atoms with E-state index < -0.39 is 5.91 Å². The highest BCUT2D eigenvalue weighted by molar-refractivity contribution is 6.03. The predicted molar refractivity (Wildman–Crippen MR) is 137 cm³/mol. The van der Waals surface area contributed by atoms with E-state index >= 15 is 0 Å². The van der Waals surface area contributed by atoms with Gasteiger partial charge in [-0.05, 0) is 74.1 Å². The molecule has 0 spiro atoms. The average Bonchev–Trinajstić information content (AvgIpc) is 3.75. The summed E-state index contributed by atoms with van der Waals surface area (Å²) in [5.41, 5.74) is 3.99. The molecule has 36 heavy (non-hydrogen) atoms. The van der Waals surface area contributed by atoms with Gasteiger partial charge in [0.1, 0.15) is 11.9 Å². The van der Waals surface area contributed by atoms with Crippen LogP contribution in [0, 0.1) is 35.5 Å². The van der Waals surface area contributed by atoms with Crippen LogP contribution in [-0.2, 0) is 9.59 Å². The van der Waals surface area contributed by atoms with Gasteiger partial charge in [0.15, 0.2) is 0 Å². The van der Waals surface area contributed by atoms with E-state index in [-0.39, 0.29) is 12.0 Å². The summed E-state index contributed by atoms with van der Waals surface area (Å²) in [4.78, 5) is 34.1. The van der Waals surface area contributed by atoms with Crippen LogP contribution >= 0.6 is 0 Å². The summed E-state index contributed by atoms with van der Waals surface area (Å²) >= 11 is 0. The number of piperazine rings is 1. The van der Waals surface area contributed by atoms with Gasteiger partial charge in [0.05, 0.1) is 17.3 Å². The number of carbonyl (C=O) groups excluding carboxylic acids is 2. The van der Waals surface area contributed by atoms with Crippen molar-refractivity contribution in [1.29, 1.82) is 5.26 Å². The number of hydrogen-bond donors (Lipinski definition) is 1. The minimum Gasteiger partial charge on any atom is -0.352 e. The number of terminal acetylenes is 1. The second-order valence-electron chi connectivity index (χ2n) is 10.5. The Hall–Kier alpha value is -3.84. The van der Waals surface area contributed by atoms with Crippen LogP contribution in [0.4, 0.5) is 11.5 Å². The third-order valence-electron chi connectivity index (χ3n) is 7.77. The van der Waals surface area contributed by atoms with Crippen molar-refractivity contribution in [1.82, 2.24) is 9.88 Å². The summed E-state index contributed by atoms with van der Waals surface area (Å²) in [6.45, 7) is 2.13. The molecule has 4 fully saturated rings. The summed E-state index contributed by atoms with van der Waals surface area (Å²) in [5, 5.41) is 12.8. The molecule has 2 heterocycles. The highest BCUT2D eigenvalue weighted by atomic mass is 16.2. The fraction of sp³-hybridized carbons (Fsp3) is 0.448. The molecule has 7 nitrogen and oxygen atoms in total. The third-order valence-corrected chi connectivity index (χ3v) is 7.77. The van der Waals surface area contributed by atoms with E-state index in [1.807, 2.05) is 24.3 Å². The number of anilines is 2. The minimum absolute atomic E-state index is 0.209. The first-order chi connectivity index (χ1) is 17.6. The Labute approximate surface area is 211 Å². The SMILES string of the molecule is C#CC(=O)Nc1cccc(-c2cc(C#N)c(N3CCN(C(=O)C4CC4)C(C4CC4)C3)nc2C2CC2)c1. The lowest BCUT2D eigenvalue weighted by Crippen LogP contribution is -2.57. The Morgan fingerprint density at radius 3 is 2.56 bits per heavy atom. The van der Waals surface area contributed by atoms with Gasteiger partial charge in [-0.1, -0.05) is 12.1 Å². The molecule has 0 bridgehead atoms. The van der Waals surface area contributed by atoms with Gasteiger partial charge in [-0.2, -0.15) is 5.26 Å². The van der Waals surface area contributed by atoms with Crippen molar-refractivity contribution in [2.24, 2.45) is 11.8 Å². The van der Waals surface area contributed by atoms with Crippen LogP contribution in [-0.4, -0.2) is 47.4 Å². The zero-order valence-electron chi connectivity index (χ0n) is 20.2. The molecule has 7 heteroatoms. The van der Waals surface area contributed by atoms with E-state index in [1.54, 1.807) is 6.07 Å². The zero-order chi connectivity index (χ0) is 24.8. The second-order valence-corrected chi connectivity index (χ2v) is 10.5. The molecule has 3 aliphatic carbocycles. The quantitative estimate of drug-likeness (QED) is 0.635. The van der Waals surface area contributed by atoms with Crippen LogP contribution in [0.25, 0.3) is 11.1 Å². The van der Waals surface area contributed by atoms with Gasteiger partial charge in [-0.25, -0.2) is 4.98 Å². The van der Waals surface area contributed by atoms with Crippen molar-refractivity contribution in [2.75, 3.05) is 29.9 Å². The van der Waals surface area contributed by atoms with Crippen LogP contribution in [0.5, 0.6) is 0 Å². The molecule has 3 saturated carbocycles. The monoisotopic (exact) mass is 479 g/mol. The molecular weight excluding hydrogens is 450 g/mol. The first-order valence-electron chi connectivity index (χ1n) is 12.9. The largest absolute Gasteiger partial charge is 0.352 e. The van der Waals surface area contributed by atoms with E-state index in [9.17, 15) is 14.9 Å². The molecule has 1 aliphatic heterocycles. The number of rotatable bonds is 6. The summed E-state index contributed by atoms with van der Waals surface area (Å²) in [6.07, 6.45) is 11.8. The van der Waals surface area contributed by atoms with Crippen molar-refractivity contribution >= 4 is 23.3 Å². The van der Waals surface area contributed by atoms with Crippen molar-refractivity contribution in [3.05, 3.63) is 41.6 Å². The molecule has 1 saturated heterocycles. The van der Waals surface area contributed by atoms with Gasteiger partial charge in [0.2, 0.25) is 5.91 Å². The van der Waals surface area contributed by atoms with Crippen LogP contribution in [0.15, 0.2) is 30.3 Å². The normalized spacial score (nSPS) is 21.4. The molecule has 1 aromatic heterocycles. The Balaban J connectivity index is 1.33. The van der Waals surface area contributed by atoms with E-state index in [2.05, 4.69) is 27.1 Å². The summed E-state index contributed by atoms with van der Waals surface area (Å²) in [6, 6.07) is 12.1. The summed E-state index contributed by atoms with van der Waals surface area (Å²) < 4.78 is 0. The number of aromatic nitrogens is 1. The zero-order valence-corrected chi connectivity index (χ0v) is 20.2. The number of carbonyl (C=O) groups is 2. The van der Waals surface area contributed by atoms with Crippen molar-refractivity contribution in [3.63, 3.8) is 0 Å². The Bertz CT molecular complexity index is 1310. The topological polar surface area (TPSA) is 89.3 Å². The van der Waals surface area contributed by atoms with Crippen molar-refractivity contribution in [2.45, 2.75) is 50.5 Å². The van der Waals surface area contributed by atoms with E-state index in [1.165, 1.54) is 12.8 Å². The van der Waals surface area contributed by atoms with Crippen LogP contribution < -0.4 is 10.2 Å². The maximum atomic E-state index is 12.9. The maximum Gasteiger partial charge on any atom is 0.300 e. The number of amides is 2. The van der Waals surface area contributed by atoms with Gasteiger partial charge in [0.25, 0.3) is 5.91 Å². The highest BCUT2D eigenvalue weighted by Gasteiger charge is 2.45. The smallest absolute Gasteiger partial charge is 0.300 e.